The van der Waals surface area contributed by atoms with Crippen LogP contribution >= 0.6 is 0 Å². The fraction of sp³-hybridized carbons (Fsp3) is 0.531. The lowest BCUT2D eigenvalue weighted by atomic mass is 9.48. The quantitative estimate of drug-likeness (QED) is 0.336. The molecule has 2 aromatic rings. The van der Waals surface area contributed by atoms with Crippen molar-refractivity contribution in [3.63, 3.8) is 0 Å². The number of nitro benzene ring substituents is 1. The van der Waals surface area contributed by atoms with E-state index in [1.165, 1.54) is 18.9 Å². The van der Waals surface area contributed by atoms with Crippen molar-refractivity contribution in [2.45, 2.75) is 81.6 Å². The van der Waals surface area contributed by atoms with Crippen LogP contribution < -0.4 is 4.74 Å². The van der Waals surface area contributed by atoms with Crippen molar-refractivity contribution >= 4 is 11.6 Å². The molecule has 1 saturated heterocycles. The molecule has 41 heavy (non-hydrogen) atoms. The van der Waals surface area contributed by atoms with E-state index in [1.54, 1.807) is 11.9 Å². The highest BCUT2D eigenvalue weighted by Gasteiger charge is 2.74. The first kappa shape index (κ1) is 26.3. The molecular weight excluding hydrogens is 522 g/mol. The third kappa shape index (κ3) is 3.66. The average molecular weight is 558 g/mol. The van der Waals surface area contributed by atoms with Gasteiger partial charge >= 0.3 is 0 Å². The predicted octanol–water partition coefficient (Wildman–Crippen LogP) is 3.36. The molecule has 3 fully saturated rings. The number of amides is 1. The second-order valence-corrected chi connectivity index (χ2v) is 12.8. The van der Waals surface area contributed by atoms with Crippen LogP contribution in [0.15, 0.2) is 24.3 Å². The van der Waals surface area contributed by atoms with Gasteiger partial charge in [0.25, 0.3) is 11.6 Å². The molecule has 3 aliphatic carbocycles. The molecular formula is C32H35N3O6. The summed E-state index contributed by atoms with van der Waals surface area (Å²) in [5.74, 6) is 5.95. The van der Waals surface area contributed by atoms with Crippen LogP contribution in [0.1, 0.15) is 59.9 Å². The third-order valence-electron chi connectivity index (χ3n) is 10.7. The Morgan fingerprint density at radius 2 is 2.00 bits per heavy atom. The zero-order valence-corrected chi connectivity index (χ0v) is 23.6. The average Bonchev–Trinajstić information content (AvgIpc) is 3.68. The topological polar surface area (TPSA) is 116 Å². The molecule has 0 radical (unpaired) electrons. The largest absolute Gasteiger partial charge is 0.504 e. The van der Waals surface area contributed by atoms with Gasteiger partial charge in [-0.25, -0.2) is 0 Å². The van der Waals surface area contributed by atoms with E-state index in [2.05, 4.69) is 16.7 Å². The molecule has 2 N–H and O–H groups in total. The van der Waals surface area contributed by atoms with Crippen LogP contribution in [0, 0.1) is 41.7 Å². The number of carbonyl (C=O) groups is 1. The van der Waals surface area contributed by atoms with Gasteiger partial charge in [0.2, 0.25) is 0 Å². The summed E-state index contributed by atoms with van der Waals surface area (Å²) in [7, 11) is 1.71. The standard InChI is InChI=1S/C32H35N3O6/c1-18-4-5-20(14-19(18)2)8-9-27(37)33(3)23-10-11-32(38)26-15-22-24(35(39)40)16-25(36)29-28(22)31(32,30(23)41-29)12-13-34(26)17-21-6-7-21/h4-5,14,16,21,23,26,30,36,38H,6-7,10-13,15,17H2,1-3H3/t23-,26+,30-,31-,32+/m0/s1. The third-order valence-corrected chi connectivity index (χ3v) is 10.7. The van der Waals surface area contributed by atoms with Crippen LogP contribution in [0.5, 0.6) is 11.5 Å². The summed E-state index contributed by atoms with van der Waals surface area (Å²) in [6.45, 7) is 5.63. The molecule has 1 spiro atoms. The van der Waals surface area contributed by atoms with Gasteiger partial charge in [0.1, 0.15) is 6.10 Å². The minimum Gasteiger partial charge on any atom is -0.504 e. The first-order valence-corrected chi connectivity index (χ1v) is 14.6. The molecule has 9 nitrogen and oxygen atoms in total. The SMILES string of the molecule is Cc1ccc(C#CC(=O)N(C)[C@H]2CC[C@@]3(O)[C@H]4Cc5c([N+](=O)[O-])cc(O)c6c5[C@@]3(CCN4CC3CC3)[C@H]2O6)cc1C. The van der Waals surface area contributed by atoms with Crippen molar-refractivity contribution in [3.8, 4) is 23.3 Å². The molecule has 0 unspecified atom stereocenters. The maximum Gasteiger partial charge on any atom is 0.298 e. The van der Waals surface area contributed by atoms with Crippen molar-refractivity contribution in [1.82, 2.24) is 9.80 Å². The summed E-state index contributed by atoms with van der Waals surface area (Å²) in [6.07, 6.45) is 3.47. The van der Waals surface area contributed by atoms with Gasteiger partial charge in [-0.3, -0.25) is 19.8 Å². The van der Waals surface area contributed by atoms with Crippen molar-refractivity contribution in [2.24, 2.45) is 5.92 Å². The summed E-state index contributed by atoms with van der Waals surface area (Å²) in [6, 6.07) is 6.30. The van der Waals surface area contributed by atoms with Crippen LogP contribution in [0.3, 0.4) is 0 Å². The molecule has 1 amide bonds. The fourth-order valence-corrected chi connectivity index (χ4v) is 8.27. The Kier molecular flexibility index (Phi) is 5.74. The van der Waals surface area contributed by atoms with Gasteiger partial charge in [-0.15, -0.1) is 0 Å². The lowest BCUT2D eigenvalue weighted by Crippen LogP contribution is -2.78. The van der Waals surface area contributed by atoms with E-state index in [-0.39, 0.29) is 29.1 Å². The number of piperidine rings is 1. The predicted molar refractivity (Wildman–Crippen MR) is 151 cm³/mol. The highest BCUT2D eigenvalue weighted by atomic mass is 16.6. The number of ether oxygens (including phenoxy) is 1. The number of aromatic hydroxyl groups is 1. The number of hydrogen-bond donors (Lipinski definition) is 2. The zero-order valence-electron chi connectivity index (χ0n) is 23.6. The van der Waals surface area contributed by atoms with Crippen LogP contribution in [0.4, 0.5) is 5.69 Å². The molecule has 0 aromatic heterocycles. The summed E-state index contributed by atoms with van der Waals surface area (Å²) in [5, 5.41) is 35.8. The molecule has 2 saturated carbocycles. The molecule has 7 rings (SSSR count). The Bertz CT molecular complexity index is 1560. The Morgan fingerprint density at radius 3 is 2.71 bits per heavy atom. The van der Waals surface area contributed by atoms with Gasteiger partial charge in [-0.1, -0.05) is 12.0 Å². The van der Waals surface area contributed by atoms with Gasteiger partial charge in [-0.05, 0) is 88.1 Å². The fourth-order valence-electron chi connectivity index (χ4n) is 8.27. The van der Waals surface area contributed by atoms with Gasteiger partial charge in [-0.2, -0.15) is 0 Å². The van der Waals surface area contributed by atoms with E-state index in [0.29, 0.717) is 42.7 Å². The van der Waals surface area contributed by atoms with Crippen LogP contribution in [0.25, 0.3) is 0 Å². The first-order chi connectivity index (χ1) is 19.5. The van der Waals surface area contributed by atoms with E-state index in [4.69, 9.17) is 4.74 Å². The Balaban J connectivity index is 1.29. The second-order valence-electron chi connectivity index (χ2n) is 12.8. The summed E-state index contributed by atoms with van der Waals surface area (Å²) < 4.78 is 6.52. The van der Waals surface area contributed by atoms with Crippen LogP contribution in [0.2, 0.25) is 0 Å². The summed E-state index contributed by atoms with van der Waals surface area (Å²) >= 11 is 0. The van der Waals surface area contributed by atoms with E-state index < -0.39 is 28.1 Å². The Morgan fingerprint density at radius 1 is 1.22 bits per heavy atom. The second kappa shape index (κ2) is 8.94. The normalized spacial score (nSPS) is 31.0. The molecule has 2 aromatic carbocycles. The molecule has 2 aliphatic heterocycles. The minimum absolute atomic E-state index is 0.129. The number of carbonyl (C=O) groups excluding carboxylic acids is 1. The molecule has 9 heteroatoms. The Labute approximate surface area is 239 Å². The maximum absolute atomic E-state index is 13.4. The van der Waals surface area contributed by atoms with Crippen LogP contribution in [-0.4, -0.2) is 74.8 Å². The highest BCUT2D eigenvalue weighted by Crippen LogP contribution is 2.67. The van der Waals surface area contributed by atoms with E-state index in [9.17, 15) is 25.1 Å². The Hall–Kier alpha value is -3.61. The highest BCUT2D eigenvalue weighted by molar-refractivity contribution is 5.94. The summed E-state index contributed by atoms with van der Waals surface area (Å²) in [4.78, 5) is 29.1. The number of hydrogen-bond acceptors (Lipinski definition) is 7. The summed E-state index contributed by atoms with van der Waals surface area (Å²) in [5.41, 5.74) is 1.84. The smallest absolute Gasteiger partial charge is 0.298 e. The molecule has 2 bridgehead atoms. The molecule has 5 aliphatic rings. The monoisotopic (exact) mass is 557 g/mol. The van der Waals surface area contributed by atoms with Crippen molar-refractivity contribution in [3.05, 3.63) is 62.2 Å². The minimum atomic E-state index is -1.20. The van der Waals surface area contributed by atoms with E-state index in [0.717, 1.165) is 29.8 Å². The van der Waals surface area contributed by atoms with Crippen molar-refractivity contribution in [2.75, 3.05) is 20.1 Å². The zero-order chi connectivity index (χ0) is 28.8. The maximum atomic E-state index is 13.4. The van der Waals surface area contributed by atoms with Crippen LogP contribution in [-0.2, 0) is 16.6 Å². The van der Waals surface area contributed by atoms with Gasteiger partial charge in [0.05, 0.1) is 28.0 Å². The van der Waals surface area contributed by atoms with Gasteiger partial charge < -0.3 is 19.8 Å². The van der Waals surface area contributed by atoms with Crippen molar-refractivity contribution < 1.29 is 24.7 Å². The molecule has 5 atom stereocenters. The number of aliphatic hydroxyl groups is 1. The number of likely N-dealkylation sites (N-methyl/N-ethyl adjacent to an activating group) is 1. The number of benzene rings is 2. The number of phenolic OH excluding ortho intramolecular Hbond substituents is 1. The first-order valence-electron chi connectivity index (χ1n) is 14.6. The van der Waals surface area contributed by atoms with Crippen molar-refractivity contribution in [1.29, 1.82) is 0 Å². The number of nitro groups is 1. The lowest BCUT2D eigenvalue weighted by Gasteiger charge is -2.64. The number of aryl methyl sites for hydroxylation is 2. The number of rotatable bonds is 4. The van der Waals surface area contributed by atoms with E-state index >= 15 is 0 Å². The lowest BCUT2D eigenvalue weighted by molar-refractivity contribution is -0.386. The number of nitrogens with zero attached hydrogens (tertiary/aromatic N) is 3. The van der Waals surface area contributed by atoms with Gasteiger partial charge in [0, 0.05) is 42.2 Å². The number of likely N-dealkylation sites (tertiary alicyclic amines) is 1. The molecule has 214 valence electrons. The van der Waals surface area contributed by atoms with Gasteiger partial charge in [0.15, 0.2) is 11.5 Å². The molecule has 2 heterocycles. The number of phenols is 1. The van der Waals surface area contributed by atoms with E-state index in [1.807, 2.05) is 32.0 Å².